The third-order valence-corrected chi connectivity index (χ3v) is 7.54. The van der Waals surface area contributed by atoms with Gasteiger partial charge in [-0.3, -0.25) is 4.90 Å². The highest BCUT2D eigenvalue weighted by molar-refractivity contribution is 5.77. The van der Waals surface area contributed by atoms with E-state index >= 15 is 0 Å². The maximum absolute atomic E-state index is 14.7. The van der Waals surface area contributed by atoms with Crippen LogP contribution in [-0.4, -0.2) is 30.7 Å². The molecule has 0 bridgehead atoms. The topological polar surface area (TPSA) is 38.8 Å². The molecule has 2 atom stereocenters. The molecule has 218 valence electrons. The van der Waals surface area contributed by atoms with Gasteiger partial charge in [-0.05, 0) is 85.1 Å². The van der Waals surface area contributed by atoms with Gasteiger partial charge in [-0.25, -0.2) is 9.18 Å². The molecule has 0 unspecified atom stereocenters. The molecule has 1 saturated heterocycles. The van der Waals surface area contributed by atoms with E-state index in [1.807, 2.05) is 13.8 Å². The summed E-state index contributed by atoms with van der Waals surface area (Å²) in [7, 11) is 1.44. The van der Waals surface area contributed by atoms with Crippen molar-refractivity contribution in [1.82, 2.24) is 4.90 Å². The van der Waals surface area contributed by atoms with E-state index in [0.717, 1.165) is 24.0 Å². The molecule has 0 spiro atoms. The number of hydrogen-bond donors (Lipinski definition) is 0. The number of rotatable bonds is 6. The summed E-state index contributed by atoms with van der Waals surface area (Å²) in [4.78, 5) is 14.2. The van der Waals surface area contributed by atoms with Gasteiger partial charge in [-0.2, -0.15) is 26.3 Å². The smallest absolute Gasteiger partial charge is 0.416 e. The van der Waals surface area contributed by atoms with Crippen molar-refractivity contribution in [2.75, 3.05) is 13.7 Å². The van der Waals surface area contributed by atoms with Crippen LogP contribution in [0.25, 0.3) is 5.57 Å². The predicted molar refractivity (Wildman–Crippen MR) is 134 cm³/mol. The summed E-state index contributed by atoms with van der Waals surface area (Å²) in [6.07, 6.45) is -9.30. The van der Waals surface area contributed by atoms with Crippen molar-refractivity contribution in [2.45, 2.75) is 76.9 Å². The summed E-state index contributed by atoms with van der Waals surface area (Å²) in [5.41, 5.74) is -0.382. The zero-order valence-corrected chi connectivity index (χ0v) is 22.5. The molecule has 1 aliphatic carbocycles. The first-order valence-corrected chi connectivity index (χ1v) is 13.0. The summed E-state index contributed by atoms with van der Waals surface area (Å²) in [5, 5.41) is 0. The number of alkyl halides is 6. The summed E-state index contributed by atoms with van der Waals surface area (Å²) < 4.78 is 106. The maximum atomic E-state index is 14.7. The molecule has 4 rings (SSSR count). The van der Waals surface area contributed by atoms with Crippen LogP contribution in [0.4, 0.5) is 35.5 Å². The summed E-state index contributed by atoms with van der Waals surface area (Å²) in [6.45, 7) is 5.33. The zero-order valence-electron chi connectivity index (χ0n) is 22.5. The van der Waals surface area contributed by atoms with Gasteiger partial charge in [0.05, 0.1) is 24.3 Å². The second-order valence-corrected chi connectivity index (χ2v) is 10.5. The number of amides is 1. The molecular formula is C29H30F7NO3. The van der Waals surface area contributed by atoms with E-state index < -0.39 is 47.5 Å². The summed E-state index contributed by atoms with van der Waals surface area (Å²) in [6, 6.07) is 3.45. The van der Waals surface area contributed by atoms with E-state index in [-0.39, 0.29) is 24.1 Å². The second kappa shape index (κ2) is 11.0. The van der Waals surface area contributed by atoms with E-state index in [2.05, 4.69) is 0 Å². The van der Waals surface area contributed by atoms with Crippen molar-refractivity contribution in [3.05, 3.63) is 69.5 Å². The maximum Gasteiger partial charge on any atom is 0.416 e. The fraction of sp³-hybridized carbons (Fsp3) is 0.483. The SMILES string of the molecule is COc1cc(F)c(C(C)C)cc1C1=C(CN2C(=O)O[C@H](c3cc(C(F)(F)F)cc(C(F)(F)F)c3)[C@@H]2C)CCCC1. The number of allylic oxidation sites excluding steroid dienone is 1. The largest absolute Gasteiger partial charge is 0.496 e. The minimum atomic E-state index is -5.02. The fourth-order valence-corrected chi connectivity index (χ4v) is 5.39. The molecular weight excluding hydrogens is 543 g/mol. The van der Waals surface area contributed by atoms with Crippen molar-refractivity contribution in [1.29, 1.82) is 0 Å². The number of cyclic esters (lactones) is 1. The molecule has 2 aromatic carbocycles. The van der Waals surface area contributed by atoms with Gasteiger partial charge in [-0.1, -0.05) is 13.8 Å². The van der Waals surface area contributed by atoms with Crippen LogP contribution in [0.1, 0.15) is 86.3 Å². The van der Waals surface area contributed by atoms with E-state index in [1.165, 1.54) is 25.0 Å². The Morgan fingerprint density at radius 1 is 0.975 bits per heavy atom. The Morgan fingerprint density at radius 2 is 1.57 bits per heavy atom. The molecule has 11 heteroatoms. The first-order valence-electron chi connectivity index (χ1n) is 13.0. The quantitative estimate of drug-likeness (QED) is 0.324. The van der Waals surface area contributed by atoms with Crippen LogP contribution in [-0.2, 0) is 17.1 Å². The molecule has 40 heavy (non-hydrogen) atoms. The van der Waals surface area contributed by atoms with Gasteiger partial charge in [0.2, 0.25) is 0 Å². The highest BCUT2D eigenvalue weighted by atomic mass is 19.4. The van der Waals surface area contributed by atoms with Crippen LogP contribution in [0.3, 0.4) is 0 Å². The molecule has 1 heterocycles. The van der Waals surface area contributed by atoms with Crippen molar-refractivity contribution < 1.29 is 45.0 Å². The van der Waals surface area contributed by atoms with Crippen LogP contribution >= 0.6 is 0 Å². The van der Waals surface area contributed by atoms with Gasteiger partial charge in [0, 0.05) is 18.2 Å². The number of carbonyl (C=O) groups excluding carboxylic acids is 1. The average Bonchev–Trinajstić information content (AvgIpc) is 3.15. The molecule has 2 aromatic rings. The molecule has 0 radical (unpaired) electrons. The Balaban J connectivity index is 1.71. The molecule has 1 amide bonds. The number of nitrogens with zero attached hydrogens (tertiary/aromatic N) is 1. The van der Waals surface area contributed by atoms with Crippen molar-refractivity contribution in [3.8, 4) is 5.75 Å². The van der Waals surface area contributed by atoms with Crippen molar-refractivity contribution in [3.63, 3.8) is 0 Å². The fourth-order valence-electron chi connectivity index (χ4n) is 5.39. The molecule has 2 aliphatic rings. The second-order valence-electron chi connectivity index (χ2n) is 10.5. The third kappa shape index (κ3) is 5.93. The molecule has 0 N–H and O–H groups in total. The Kier molecular flexibility index (Phi) is 8.15. The van der Waals surface area contributed by atoms with Gasteiger partial charge in [-0.15, -0.1) is 0 Å². The standard InChI is InChI=1S/C29H30F7NO3/c1-15(2)22-12-23(25(39-4)13-24(22)30)21-8-6-5-7-17(21)14-37-16(3)26(40-27(37)38)18-9-19(28(31,32)33)11-20(10-18)29(34,35)36/h9-13,15-16,26H,5-8,14H2,1-4H3/t16-,26-/m0/s1. The molecule has 0 aromatic heterocycles. The number of benzene rings is 2. The Labute approximate surface area is 227 Å². The lowest BCUT2D eigenvalue weighted by molar-refractivity contribution is -0.143. The number of methoxy groups -OCH3 is 1. The van der Waals surface area contributed by atoms with Crippen molar-refractivity contribution in [2.24, 2.45) is 0 Å². The van der Waals surface area contributed by atoms with Gasteiger partial charge in [0.25, 0.3) is 0 Å². The number of carbonyl (C=O) groups is 1. The minimum Gasteiger partial charge on any atom is -0.496 e. The Bertz CT molecular complexity index is 1280. The van der Waals surface area contributed by atoms with Gasteiger partial charge < -0.3 is 9.47 Å². The number of hydrogen-bond acceptors (Lipinski definition) is 3. The number of ether oxygens (including phenoxy) is 2. The number of halogens is 7. The van der Waals surface area contributed by atoms with Crippen molar-refractivity contribution >= 4 is 11.7 Å². The predicted octanol–water partition coefficient (Wildman–Crippen LogP) is 8.90. The summed E-state index contributed by atoms with van der Waals surface area (Å²) >= 11 is 0. The summed E-state index contributed by atoms with van der Waals surface area (Å²) in [5.74, 6) is -0.150. The van der Waals surface area contributed by atoms with Crippen LogP contribution in [0.5, 0.6) is 5.75 Å². The lowest BCUT2D eigenvalue weighted by Gasteiger charge is -2.28. The highest BCUT2D eigenvalue weighted by Gasteiger charge is 2.43. The van der Waals surface area contributed by atoms with E-state index in [9.17, 15) is 35.5 Å². The highest BCUT2D eigenvalue weighted by Crippen LogP contribution is 2.43. The Morgan fingerprint density at radius 3 is 2.12 bits per heavy atom. The van der Waals surface area contributed by atoms with Gasteiger partial charge in [0.1, 0.15) is 17.7 Å². The van der Waals surface area contributed by atoms with E-state index in [1.54, 1.807) is 6.07 Å². The minimum absolute atomic E-state index is 0.0450. The van der Waals surface area contributed by atoms with E-state index in [4.69, 9.17) is 9.47 Å². The first-order chi connectivity index (χ1) is 18.6. The first kappa shape index (κ1) is 29.7. The zero-order chi connectivity index (χ0) is 29.6. The van der Waals surface area contributed by atoms with E-state index in [0.29, 0.717) is 41.9 Å². The van der Waals surface area contributed by atoms with Gasteiger partial charge >= 0.3 is 18.4 Å². The average molecular weight is 574 g/mol. The van der Waals surface area contributed by atoms with Crippen LogP contribution in [0.15, 0.2) is 35.9 Å². The lowest BCUT2D eigenvalue weighted by atomic mass is 9.85. The monoisotopic (exact) mass is 573 g/mol. The van der Waals surface area contributed by atoms with Gasteiger partial charge in [0.15, 0.2) is 0 Å². The third-order valence-electron chi connectivity index (χ3n) is 7.54. The van der Waals surface area contributed by atoms with Crippen LogP contribution in [0.2, 0.25) is 0 Å². The lowest BCUT2D eigenvalue weighted by Crippen LogP contribution is -2.34. The molecule has 1 aliphatic heterocycles. The Hall–Kier alpha value is -3.24. The molecule has 4 nitrogen and oxygen atoms in total. The van der Waals surface area contributed by atoms with Crippen LogP contribution < -0.4 is 4.74 Å². The normalized spacial score (nSPS) is 20.4. The molecule has 1 fully saturated rings. The molecule has 0 saturated carbocycles. The van der Waals surface area contributed by atoms with Crippen LogP contribution in [0, 0.1) is 5.82 Å².